The molecule has 0 aliphatic heterocycles. The van der Waals surface area contributed by atoms with Crippen LogP contribution in [0.1, 0.15) is 43.4 Å². The van der Waals surface area contributed by atoms with Crippen molar-refractivity contribution in [1.29, 1.82) is 0 Å². The molecule has 0 fully saturated rings. The van der Waals surface area contributed by atoms with E-state index in [1.807, 2.05) is 13.0 Å². The first-order valence-electron chi connectivity index (χ1n) is 7.80. The average molecular weight is 309 g/mol. The van der Waals surface area contributed by atoms with Crippen LogP contribution in [-0.4, -0.2) is 33.3 Å². The highest BCUT2D eigenvalue weighted by Gasteiger charge is 2.09. The molecule has 0 bridgehead atoms. The van der Waals surface area contributed by atoms with Crippen LogP contribution in [0.2, 0.25) is 0 Å². The molecular weight excluding hydrogens is 281 g/mol. The maximum absolute atomic E-state index is 13.6. The first-order chi connectivity index (χ1) is 10.6. The van der Waals surface area contributed by atoms with Crippen LogP contribution in [0.5, 0.6) is 0 Å². The molecule has 1 aromatic rings. The van der Waals surface area contributed by atoms with Gasteiger partial charge in [-0.05, 0) is 50.3 Å². The van der Waals surface area contributed by atoms with E-state index in [9.17, 15) is 4.39 Å². The molecule has 1 rings (SSSR count). The summed E-state index contributed by atoms with van der Waals surface area (Å²) in [5, 5.41) is 6.56. The summed E-state index contributed by atoms with van der Waals surface area (Å²) in [4.78, 5) is 4.20. The van der Waals surface area contributed by atoms with Gasteiger partial charge in [0, 0.05) is 27.3 Å². The minimum atomic E-state index is -0.174. The zero-order valence-corrected chi connectivity index (χ0v) is 14.1. The Morgan fingerprint density at radius 3 is 2.73 bits per heavy atom. The number of aryl methyl sites for hydroxylation is 1. The fourth-order valence-corrected chi connectivity index (χ4v) is 2.12. The third-order valence-corrected chi connectivity index (χ3v) is 3.59. The van der Waals surface area contributed by atoms with Gasteiger partial charge in [-0.1, -0.05) is 12.1 Å². The van der Waals surface area contributed by atoms with Gasteiger partial charge in [0.25, 0.3) is 0 Å². The average Bonchev–Trinajstić information content (AvgIpc) is 2.51. The number of ether oxygens (including phenoxy) is 1. The molecule has 0 saturated carbocycles. The zero-order valence-electron chi connectivity index (χ0n) is 14.1. The maximum Gasteiger partial charge on any atom is 0.191 e. The lowest BCUT2D eigenvalue weighted by atomic mass is 10.1. The Kier molecular flexibility index (Phi) is 8.51. The van der Waals surface area contributed by atoms with Crippen LogP contribution in [0.25, 0.3) is 0 Å². The van der Waals surface area contributed by atoms with Crippen LogP contribution in [0.15, 0.2) is 23.2 Å². The molecule has 22 heavy (non-hydrogen) atoms. The number of rotatable bonds is 8. The lowest BCUT2D eigenvalue weighted by Gasteiger charge is -2.18. The first-order valence-corrected chi connectivity index (χ1v) is 7.80. The Morgan fingerprint density at radius 1 is 1.32 bits per heavy atom. The molecular formula is C17H28FN3O. The molecule has 1 unspecified atom stereocenters. The fraction of sp³-hybridized carbons (Fsp3) is 0.588. The second kappa shape index (κ2) is 10.2. The number of guanidine groups is 1. The Labute approximate surface area is 133 Å². The van der Waals surface area contributed by atoms with Crippen LogP contribution in [0.4, 0.5) is 4.39 Å². The molecule has 0 saturated heterocycles. The summed E-state index contributed by atoms with van der Waals surface area (Å²) in [5.41, 5.74) is 1.57. The summed E-state index contributed by atoms with van der Waals surface area (Å²) in [5.74, 6) is 0.562. The monoisotopic (exact) mass is 309 g/mol. The van der Waals surface area contributed by atoms with Gasteiger partial charge in [-0.3, -0.25) is 4.99 Å². The van der Waals surface area contributed by atoms with E-state index >= 15 is 0 Å². The van der Waals surface area contributed by atoms with E-state index in [0.717, 1.165) is 43.9 Å². The predicted molar refractivity (Wildman–Crippen MR) is 89.8 cm³/mol. The van der Waals surface area contributed by atoms with Crippen LogP contribution < -0.4 is 10.6 Å². The molecule has 1 aromatic carbocycles. The third kappa shape index (κ3) is 6.43. The summed E-state index contributed by atoms with van der Waals surface area (Å²) in [6.45, 7) is 5.43. The van der Waals surface area contributed by atoms with Gasteiger partial charge in [-0.2, -0.15) is 0 Å². The summed E-state index contributed by atoms with van der Waals surface area (Å²) in [6.07, 6.45) is 3.26. The highest BCUT2D eigenvalue weighted by molar-refractivity contribution is 5.80. The minimum Gasteiger partial charge on any atom is -0.385 e. The Balaban J connectivity index is 2.40. The summed E-state index contributed by atoms with van der Waals surface area (Å²) >= 11 is 0. The molecule has 0 amide bonds. The van der Waals surface area contributed by atoms with Crippen molar-refractivity contribution in [3.8, 4) is 0 Å². The number of methoxy groups -OCH3 is 1. The number of aliphatic imine (C=N–C) groups is 1. The number of nitrogens with zero attached hydrogens (tertiary/aromatic N) is 1. The van der Waals surface area contributed by atoms with Crippen molar-refractivity contribution < 1.29 is 9.13 Å². The van der Waals surface area contributed by atoms with Gasteiger partial charge in [-0.25, -0.2) is 4.39 Å². The van der Waals surface area contributed by atoms with E-state index in [1.165, 1.54) is 0 Å². The molecule has 0 aliphatic rings. The van der Waals surface area contributed by atoms with Gasteiger partial charge in [-0.15, -0.1) is 0 Å². The molecule has 0 heterocycles. The number of hydrogen-bond donors (Lipinski definition) is 2. The second-order valence-electron chi connectivity index (χ2n) is 5.43. The summed E-state index contributed by atoms with van der Waals surface area (Å²) < 4.78 is 18.6. The highest BCUT2D eigenvalue weighted by atomic mass is 19.1. The van der Waals surface area contributed by atoms with E-state index in [-0.39, 0.29) is 11.9 Å². The summed E-state index contributed by atoms with van der Waals surface area (Å²) in [6, 6.07) is 5.31. The van der Waals surface area contributed by atoms with Gasteiger partial charge < -0.3 is 15.4 Å². The standard InChI is InChI=1S/C17H28FN3O/c1-13-8-9-15(12-16(13)18)14(2)21-17(19-3)20-10-6-5-7-11-22-4/h8-9,12,14H,5-7,10-11H2,1-4H3,(H2,19,20,21). The van der Waals surface area contributed by atoms with Gasteiger partial charge in [0.1, 0.15) is 5.82 Å². The van der Waals surface area contributed by atoms with E-state index in [0.29, 0.717) is 5.56 Å². The Bertz CT molecular complexity index is 477. The molecule has 0 aromatic heterocycles. The number of benzene rings is 1. The molecule has 124 valence electrons. The third-order valence-electron chi connectivity index (χ3n) is 3.59. The van der Waals surface area contributed by atoms with Crippen molar-refractivity contribution in [3.63, 3.8) is 0 Å². The van der Waals surface area contributed by atoms with E-state index in [2.05, 4.69) is 15.6 Å². The number of unbranched alkanes of at least 4 members (excludes halogenated alkanes) is 2. The SMILES string of the molecule is CN=C(NCCCCCOC)NC(C)c1ccc(C)c(F)c1. The predicted octanol–water partition coefficient (Wildman–Crippen LogP) is 3.18. The quantitative estimate of drug-likeness (QED) is 0.440. The smallest absolute Gasteiger partial charge is 0.191 e. The Hall–Kier alpha value is -1.62. The van der Waals surface area contributed by atoms with Gasteiger partial charge in [0.05, 0.1) is 6.04 Å². The van der Waals surface area contributed by atoms with Gasteiger partial charge >= 0.3 is 0 Å². The lowest BCUT2D eigenvalue weighted by molar-refractivity contribution is 0.192. The Morgan fingerprint density at radius 2 is 2.09 bits per heavy atom. The van der Waals surface area contributed by atoms with E-state index in [1.54, 1.807) is 33.2 Å². The van der Waals surface area contributed by atoms with Crippen molar-refractivity contribution in [3.05, 3.63) is 35.1 Å². The number of halogens is 1. The van der Waals surface area contributed by atoms with Gasteiger partial charge in [0.15, 0.2) is 5.96 Å². The minimum absolute atomic E-state index is 0.00482. The molecule has 4 nitrogen and oxygen atoms in total. The van der Waals surface area contributed by atoms with E-state index < -0.39 is 0 Å². The van der Waals surface area contributed by atoms with Crippen molar-refractivity contribution in [1.82, 2.24) is 10.6 Å². The molecule has 1 atom stereocenters. The van der Waals surface area contributed by atoms with Crippen LogP contribution in [0, 0.1) is 12.7 Å². The fourth-order valence-electron chi connectivity index (χ4n) is 2.12. The summed E-state index contributed by atoms with van der Waals surface area (Å²) in [7, 11) is 3.46. The molecule has 5 heteroatoms. The molecule has 0 radical (unpaired) electrons. The van der Waals surface area contributed by atoms with Crippen molar-refractivity contribution in [2.75, 3.05) is 27.3 Å². The number of nitrogens with one attached hydrogen (secondary N) is 2. The molecule has 0 spiro atoms. The number of hydrogen-bond acceptors (Lipinski definition) is 2. The second-order valence-corrected chi connectivity index (χ2v) is 5.43. The van der Waals surface area contributed by atoms with Crippen molar-refractivity contribution in [2.24, 2.45) is 4.99 Å². The zero-order chi connectivity index (χ0) is 16.4. The van der Waals surface area contributed by atoms with Crippen molar-refractivity contribution >= 4 is 5.96 Å². The van der Waals surface area contributed by atoms with Crippen LogP contribution in [0.3, 0.4) is 0 Å². The van der Waals surface area contributed by atoms with Crippen molar-refractivity contribution in [2.45, 2.75) is 39.2 Å². The highest BCUT2D eigenvalue weighted by Crippen LogP contribution is 2.16. The topological polar surface area (TPSA) is 45.7 Å². The van der Waals surface area contributed by atoms with Gasteiger partial charge in [0.2, 0.25) is 0 Å². The van der Waals surface area contributed by atoms with Crippen LogP contribution >= 0.6 is 0 Å². The lowest BCUT2D eigenvalue weighted by Crippen LogP contribution is -2.39. The normalized spacial score (nSPS) is 13.0. The van der Waals surface area contributed by atoms with E-state index in [4.69, 9.17) is 4.74 Å². The molecule has 2 N–H and O–H groups in total. The molecule has 0 aliphatic carbocycles. The van der Waals surface area contributed by atoms with Crippen LogP contribution in [-0.2, 0) is 4.74 Å². The maximum atomic E-state index is 13.6. The first kappa shape index (κ1) is 18.4. The largest absolute Gasteiger partial charge is 0.385 e.